The normalized spacial score (nSPS) is 19.9. The molecular weight excluding hydrogens is 220 g/mol. The number of aliphatic hydroxyl groups excluding tert-OH is 1. The number of benzene rings is 1. The molecule has 1 aliphatic heterocycles. The summed E-state index contributed by atoms with van der Waals surface area (Å²) in [6.45, 7) is 0.244. The Bertz CT molecular complexity index is 321. The van der Waals surface area contributed by atoms with Crippen LogP contribution < -0.4 is 4.74 Å². The van der Waals surface area contributed by atoms with Crippen molar-refractivity contribution in [3.05, 3.63) is 29.8 Å². The monoisotopic (exact) mass is 238 g/mol. The Labute approximate surface area is 101 Å². The zero-order chi connectivity index (χ0) is 11.2. The molecule has 0 amide bonds. The number of hydrogen-bond donors (Lipinski definition) is 1. The maximum atomic E-state index is 8.86. The first-order chi connectivity index (χ1) is 7.90. The van der Waals surface area contributed by atoms with Gasteiger partial charge in [-0.3, -0.25) is 0 Å². The number of para-hydroxylation sites is 1. The minimum absolute atomic E-state index is 0.244. The minimum Gasteiger partial charge on any atom is -0.489 e. The predicted octanol–water partition coefficient (Wildman–Crippen LogP) is 2.50. The molecule has 0 bridgehead atoms. The van der Waals surface area contributed by atoms with Gasteiger partial charge >= 0.3 is 0 Å². The number of aryl methyl sites for hydroxylation is 1. The third kappa shape index (κ3) is 3.16. The van der Waals surface area contributed by atoms with E-state index in [1.165, 1.54) is 11.3 Å². The molecule has 16 heavy (non-hydrogen) atoms. The molecule has 1 aliphatic rings. The van der Waals surface area contributed by atoms with Gasteiger partial charge in [-0.05, 0) is 36.6 Å². The van der Waals surface area contributed by atoms with Crippen molar-refractivity contribution in [2.24, 2.45) is 0 Å². The Kier molecular flexibility index (Phi) is 4.55. The van der Waals surface area contributed by atoms with Crippen LogP contribution in [-0.2, 0) is 6.42 Å². The molecule has 1 fully saturated rings. The molecule has 0 aromatic heterocycles. The van der Waals surface area contributed by atoms with E-state index in [0.29, 0.717) is 6.10 Å². The fraction of sp³-hybridized carbons (Fsp3) is 0.538. The van der Waals surface area contributed by atoms with Gasteiger partial charge in [0.1, 0.15) is 11.9 Å². The second-order valence-electron chi connectivity index (χ2n) is 4.04. The van der Waals surface area contributed by atoms with Crippen molar-refractivity contribution < 1.29 is 9.84 Å². The largest absolute Gasteiger partial charge is 0.489 e. The molecule has 2 rings (SSSR count). The molecule has 1 heterocycles. The highest BCUT2D eigenvalue weighted by Crippen LogP contribution is 2.26. The zero-order valence-electron chi connectivity index (χ0n) is 9.39. The van der Waals surface area contributed by atoms with Gasteiger partial charge in [0.05, 0.1) is 0 Å². The molecule has 88 valence electrons. The van der Waals surface area contributed by atoms with Crippen LogP contribution in [0, 0.1) is 0 Å². The van der Waals surface area contributed by atoms with Crippen molar-refractivity contribution in [2.45, 2.75) is 25.4 Å². The SMILES string of the molecule is OCCCc1ccccc1OC1CCSC1. The van der Waals surface area contributed by atoms with Gasteiger partial charge in [-0.15, -0.1) is 0 Å². The van der Waals surface area contributed by atoms with Crippen molar-refractivity contribution in [3.63, 3.8) is 0 Å². The summed E-state index contributed by atoms with van der Waals surface area (Å²) >= 11 is 1.96. The standard InChI is InChI=1S/C13H18O2S/c14-8-3-5-11-4-1-2-6-13(11)15-12-7-9-16-10-12/h1-2,4,6,12,14H,3,5,7-10H2. The molecule has 1 atom stereocenters. The highest BCUT2D eigenvalue weighted by molar-refractivity contribution is 7.99. The molecule has 0 saturated carbocycles. The van der Waals surface area contributed by atoms with E-state index in [1.807, 2.05) is 30.0 Å². The van der Waals surface area contributed by atoms with E-state index in [1.54, 1.807) is 0 Å². The predicted molar refractivity (Wildman–Crippen MR) is 68.2 cm³/mol. The topological polar surface area (TPSA) is 29.5 Å². The van der Waals surface area contributed by atoms with Gasteiger partial charge in [0.15, 0.2) is 0 Å². The number of ether oxygens (including phenoxy) is 1. The second-order valence-corrected chi connectivity index (χ2v) is 5.19. The van der Waals surface area contributed by atoms with Gasteiger partial charge < -0.3 is 9.84 Å². The molecule has 1 aromatic carbocycles. The van der Waals surface area contributed by atoms with E-state index < -0.39 is 0 Å². The summed E-state index contributed by atoms with van der Waals surface area (Å²) in [5, 5.41) is 8.86. The highest BCUT2D eigenvalue weighted by Gasteiger charge is 2.17. The lowest BCUT2D eigenvalue weighted by Gasteiger charge is -2.15. The Morgan fingerprint density at radius 3 is 3.00 bits per heavy atom. The van der Waals surface area contributed by atoms with Crippen LogP contribution in [-0.4, -0.2) is 29.3 Å². The summed E-state index contributed by atoms with van der Waals surface area (Å²) in [7, 11) is 0. The Balaban J connectivity index is 2.00. The van der Waals surface area contributed by atoms with Crippen LogP contribution >= 0.6 is 11.8 Å². The van der Waals surface area contributed by atoms with Crippen LogP contribution in [0.5, 0.6) is 5.75 Å². The second kappa shape index (κ2) is 6.16. The molecule has 2 nitrogen and oxygen atoms in total. The van der Waals surface area contributed by atoms with Crippen molar-refractivity contribution in [2.75, 3.05) is 18.1 Å². The van der Waals surface area contributed by atoms with E-state index in [-0.39, 0.29) is 6.61 Å². The number of thioether (sulfide) groups is 1. The molecule has 3 heteroatoms. The molecular formula is C13H18O2S. The molecule has 0 radical (unpaired) electrons. The fourth-order valence-corrected chi connectivity index (χ4v) is 2.97. The number of hydrogen-bond acceptors (Lipinski definition) is 3. The third-order valence-corrected chi connectivity index (χ3v) is 3.89. The molecule has 1 aromatic rings. The molecule has 0 aliphatic carbocycles. The average Bonchev–Trinajstić information content (AvgIpc) is 2.81. The van der Waals surface area contributed by atoms with Gasteiger partial charge in [0.2, 0.25) is 0 Å². The van der Waals surface area contributed by atoms with Crippen molar-refractivity contribution in [3.8, 4) is 5.75 Å². The molecule has 1 N–H and O–H groups in total. The van der Waals surface area contributed by atoms with Crippen molar-refractivity contribution in [1.82, 2.24) is 0 Å². The van der Waals surface area contributed by atoms with Crippen molar-refractivity contribution in [1.29, 1.82) is 0 Å². The Morgan fingerprint density at radius 1 is 1.38 bits per heavy atom. The fourth-order valence-electron chi connectivity index (χ4n) is 1.88. The molecule has 0 spiro atoms. The lowest BCUT2D eigenvalue weighted by Crippen LogP contribution is -2.15. The first-order valence-electron chi connectivity index (χ1n) is 5.83. The summed E-state index contributed by atoms with van der Waals surface area (Å²) in [6.07, 6.45) is 3.23. The first-order valence-corrected chi connectivity index (χ1v) is 6.99. The Morgan fingerprint density at radius 2 is 2.25 bits per heavy atom. The third-order valence-electron chi connectivity index (χ3n) is 2.76. The smallest absolute Gasteiger partial charge is 0.122 e. The van der Waals surface area contributed by atoms with E-state index in [2.05, 4.69) is 6.07 Å². The average molecular weight is 238 g/mol. The van der Waals surface area contributed by atoms with Gasteiger partial charge in [-0.1, -0.05) is 18.2 Å². The quantitative estimate of drug-likeness (QED) is 0.854. The van der Waals surface area contributed by atoms with Crippen LogP contribution in [0.25, 0.3) is 0 Å². The van der Waals surface area contributed by atoms with Crippen LogP contribution in [0.2, 0.25) is 0 Å². The maximum absolute atomic E-state index is 8.86. The summed E-state index contributed by atoms with van der Waals surface area (Å²) in [5.41, 5.74) is 1.22. The lowest BCUT2D eigenvalue weighted by atomic mass is 10.1. The van der Waals surface area contributed by atoms with Crippen molar-refractivity contribution >= 4 is 11.8 Å². The van der Waals surface area contributed by atoms with Crippen LogP contribution in [0.4, 0.5) is 0 Å². The van der Waals surface area contributed by atoms with Gasteiger partial charge in [-0.2, -0.15) is 11.8 Å². The molecule has 1 saturated heterocycles. The summed E-state index contributed by atoms with van der Waals surface area (Å²) < 4.78 is 6.00. The van der Waals surface area contributed by atoms with E-state index >= 15 is 0 Å². The number of aliphatic hydroxyl groups is 1. The van der Waals surface area contributed by atoms with Gasteiger partial charge in [-0.25, -0.2) is 0 Å². The van der Waals surface area contributed by atoms with Crippen LogP contribution in [0.1, 0.15) is 18.4 Å². The van der Waals surface area contributed by atoms with E-state index in [4.69, 9.17) is 9.84 Å². The first kappa shape index (κ1) is 11.8. The van der Waals surface area contributed by atoms with Gasteiger partial charge in [0, 0.05) is 12.4 Å². The van der Waals surface area contributed by atoms with E-state index in [9.17, 15) is 0 Å². The summed E-state index contributed by atoms with van der Waals surface area (Å²) in [4.78, 5) is 0. The highest BCUT2D eigenvalue weighted by atomic mass is 32.2. The minimum atomic E-state index is 0.244. The maximum Gasteiger partial charge on any atom is 0.122 e. The van der Waals surface area contributed by atoms with Gasteiger partial charge in [0.25, 0.3) is 0 Å². The van der Waals surface area contributed by atoms with E-state index in [0.717, 1.165) is 30.8 Å². The van der Waals surface area contributed by atoms with Crippen LogP contribution in [0.15, 0.2) is 24.3 Å². The summed E-state index contributed by atoms with van der Waals surface area (Å²) in [5.74, 6) is 3.32. The summed E-state index contributed by atoms with van der Waals surface area (Å²) in [6, 6.07) is 8.17. The molecule has 1 unspecified atom stereocenters. The Hall–Kier alpha value is -0.670. The number of rotatable bonds is 5. The lowest BCUT2D eigenvalue weighted by molar-refractivity contribution is 0.226. The van der Waals surface area contributed by atoms with Crippen LogP contribution in [0.3, 0.4) is 0 Å². The zero-order valence-corrected chi connectivity index (χ0v) is 10.2.